The van der Waals surface area contributed by atoms with Crippen molar-refractivity contribution in [2.24, 2.45) is 0 Å². The fraction of sp³-hybridized carbons (Fsp3) is 0.0556. The lowest BCUT2D eigenvalue weighted by Crippen LogP contribution is -2.15. The molecule has 0 saturated carbocycles. The number of carbonyl (C=O) groups is 3. The van der Waals surface area contributed by atoms with Crippen LogP contribution in [-0.2, 0) is 4.74 Å². The number of amides is 1. The third-order valence-corrected chi connectivity index (χ3v) is 5.33. The van der Waals surface area contributed by atoms with Crippen LogP contribution in [0.2, 0.25) is 5.02 Å². The SMILES string of the molecule is COC(=O)c1ccc(C(=O)O)c(NC(=O)c2sc3ccccc3c2Cl)c1. The lowest BCUT2D eigenvalue weighted by Gasteiger charge is -2.09. The summed E-state index contributed by atoms with van der Waals surface area (Å²) in [5.41, 5.74) is -0.0441. The number of nitrogens with one attached hydrogen (secondary N) is 1. The molecule has 1 aromatic heterocycles. The van der Waals surface area contributed by atoms with E-state index in [0.717, 1.165) is 10.1 Å². The molecule has 1 amide bonds. The third-order valence-electron chi connectivity index (χ3n) is 3.66. The minimum absolute atomic E-state index is 0.0149. The summed E-state index contributed by atoms with van der Waals surface area (Å²) in [6, 6.07) is 11.1. The highest BCUT2D eigenvalue weighted by Gasteiger charge is 2.20. The quantitative estimate of drug-likeness (QED) is 0.649. The maximum absolute atomic E-state index is 12.6. The number of fused-ring (bicyclic) bond motifs is 1. The summed E-state index contributed by atoms with van der Waals surface area (Å²) in [6.45, 7) is 0. The van der Waals surface area contributed by atoms with Gasteiger partial charge in [0.25, 0.3) is 5.91 Å². The molecule has 8 heteroatoms. The molecule has 0 spiro atoms. The molecule has 0 atom stereocenters. The van der Waals surface area contributed by atoms with Gasteiger partial charge in [-0.1, -0.05) is 29.8 Å². The Kier molecular flexibility index (Phi) is 4.92. The predicted molar refractivity (Wildman–Crippen MR) is 99.5 cm³/mol. The number of hydrogen-bond donors (Lipinski definition) is 2. The molecule has 0 fully saturated rings. The molecular formula is C18H12ClNO5S. The Morgan fingerprint density at radius 2 is 1.88 bits per heavy atom. The minimum atomic E-state index is -1.24. The number of aromatic carboxylic acids is 1. The number of ether oxygens (including phenoxy) is 1. The lowest BCUT2D eigenvalue weighted by atomic mass is 10.1. The molecule has 0 aliphatic heterocycles. The first-order valence-electron chi connectivity index (χ1n) is 7.36. The Balaban J connectivity index is 2.00. The van der Waals surface area contributed by atoms with Gasteiger partial charge in [-0.2, -0.15) is 0 Å². The molecule has 3 aromatic rings. The van der Waals surface area contributed by atoms with Gasteiger partial charge in [-0.25, -0.2) is 9.59 Å². The second-order valence-electron chi connectivity index (χ2n) is 5.25. The number of carbonyl (C=O) groups excluding carboxylic acids is 2. The highest BCUT2D eigenvalue weighted by atomic mass is 35.5. The van der Waals surface area contributed by atoms with E-state index in [2.05, 4.69) is 10.1 Å². The zero-order chi connectivity index (χ0) is 18.8. The first-order chi connectivity index (χ1) is 12.4. The number of carboxylic acids is 1. The summed E-state index contributed by atoms with van der Waals surface area (Å²) in [4.78, 5) is 36.0. The Labute approximate surface area is 157 Å². The molecule has 26 heavy (non-hydrogen) atoms. The van der Waals surface area contributed by atoms with E-state index in [-0.39, 0.29) is 21.7 Å². The number of benzene rings is 2. The van der Waals surface area contributed by atoms with Crippen molar-refractivity contribution >= 4 is 56.6 Å². The zero-order valence-corrected chi connectivity index (χ0v) is 15.0. The summed E-state index contributed by atoms with van der Waals surface area (Å²) in [5.74, 6) is -2.43. The van der Waals surface area contributed by atoms with E-state index in [1.807, 2.05) is 18.2 Å². The van der Waals surface area contributed by atoms with Gasteiger partial charge in [0.15, 0.2) is 0 Å². The predicted octanol–water partition coefficient (Wildman–Crippen LogP) is 4.29. The van der Waals surface area contributed by atoms with Crippen molar-refractivity contribution in [1.82, 2.24) is 0 Å². The largest absolute Gasteiger partial charge is 0.478 e. The second kappa shape index (κ2) is 7.15. The minimum Gasteiger partial charge on any atom is -0.478 e. The van der Waals surface area contributed by atoms with Crippen LogP contribution in [0.4, 0.5) is 5.69 Å². The summed E-state index contributed by atoms with van der Waals surface area (Å²) in [7, 11) is 1.21. The molecule has 1 heterocycles. The van der Waals surface area contributed by atoms with E-state index in [4.69, 9.17) is 11.6 Å². The van der Waals surface area contributed by atoms with Crippen LogP contribution in [0.3, 0.4) is 0 Å². The van der Waals surface area contributed by atoms with E-state index in [1.54, 1.807) is 6.07 Å². The van der Waals surface area contributed by atoms with Gasteiger partial charge >= 0.3 is 11.9 Å². The van der Waals surface area contributed by atoms with Crippen LogP contribution in [0.1, 0.15) is 30.4 Å². The summed E-state index contributed by atoms with van der Waals surface area (Å²) in [5, 5.41) is 12.9. The molecule has 132 valence electrons. The first-order valence-corrected chi connectivity index (χ1v) is 8.56. The normalized spacial score (nSPS) is 10.5. The van der Waals surface area contributed by atoms with Crippen molar-refractivity contribution in [3.05, 3.63) is 63.5 Å². The molecular weight excluding hydrogens is 378 g/mol. The highest BCUT2D eigenvalue weighted by Crippen LogP contribution is 2.35. The molecule has 0 aliphatic carbocycles. The van der Waals surface area contributed by atoms with Crippen molar-refractivity contribution in [1.29, 1.82) is 0 Å². The fourth-order valence-corrected chi connectivity index (χ4v) is 3.83. The Morgan fingerprint density at radius 1 is 1.15 bits per heavy atom. The molecule has 0 bridgehead atoms. The van der Waals surface area contributed by atoms with E-state index in [9.17, 15) is 19.5 Å². The first kappa shape index (κ1) is 17.9. The summed E-state index contributed by atoms with van der Waals surface area (Å²) in [6.07, 6.45) is 0. The van der Waals surface area contributed by atoms with Gasteiger partial charge in [0.05, 0.1) is 28.9 Å². The van der Waals surface area contributed by atoms with Crippen molar-refractivity contribution in [2.45, 2.75) is 0 Å². The number of hydrogen-bond acceptors (Lipinski definition) is 5. The number of esters is 1. The summed E-state index contributed by atoms with van der Waals surface area (Å²) >= 11 is 7.48. The van der Waals surface area contributed by atoms with Gasteiger partial charge in [0.1, 0.15) is 4.88 Å². The van der Waals surface area contributed by atoms with Crippen LogP contribution < -0.4 is 5.32 Å². The van der Waals surface area contributed by atoms with Crippen molar-refractivity contribution < 1.29 is 24.2 Å². The molecule has 0 saturated heterocycles. The van der Waals surface area contributed by atoms with Gasteiger partial charge in [-0.05, 0) is 24.3 Å². The van der Waals surface area contributed by atoms with Crippen LogP contribution in [-0.4, -0.2) is 30.1 Å². The Bertz CT molecular complexity index is 1040. The molecule has 2 aromatic carbocycles. The van der Waals surface area contributed by atoms with Crippen LogP contribution >= 0.6 is 22.9 Å². The van der Waals surface area contributed by atoms with Crippen LogP contribution in [0.5, 0.6) is 0 Å². The molecule has 0 radical (unpaired) electrons. The van der Waals surface area contributed by atoms with E-state index in [1.165, 1.54) is 36.6 Å². The maximum atomic E-state index is 12.6. The monoisotopic (exact) mass is 389 g/mol. The molecule has 6 nitrogen and oxygen atoms in total. The van der Waals surface area contributed by atoms with Crippen molar-refractivity contribution in [3.8, 4) is 0 Å². The number of halogens is 1. The highest BCUT2D eigenvalue weighted by molar-refractivity contribution is 7.21. The topological polar surface area (TPSA) is 92.7 Å². The van der Waals surface area contributed by atoms with Gasteiger partial charge in [-0.3, -0.25) is 4.79 Å². The number of carboxylic acid groups (broad SMARTS) is 1. The summed E-state index contributed by atoms with van der Waals surface area (Å²) < 4.78 is 5.46. The second-order valence-corrected chi connectivity index (χ2v) is 6.68. The van der Waals surface area contributed by atoms with Crippen molar-refractivity contribution in [2.75, 3.05) is 12.4 Å². The number of rotatable bonds is 4. The maximum Gasteiger partial charge on any atom is 0.337 e. The van der Waals surface area contributed by atoms with Gasteiger partial charge < -0.3 is 15.2 Å². The average molecular weight is 390 g/mol. The Hall–Kier alpha value is -2.90. The molecule has 0 unspecified atom stereocenters. The Morgan fingerprint density at radius 3 is 2.54 bits per heavy atom. The van der Waals surface area contributed by atoms with Gasteiger partial charge in [0.2, 0.25) is 0 Å². The smallest absolute Gasteiger partial charge is 0.337 e. The third kappa shape index (κ3) is 3.26. The number of anilines is 1. The zero-order valence-electron chi connectivity index (χ0n) is 13.4. The van der Waals surface area contributed by atoms with Gasteiger partial charge in [0, 0.05) is 10.1 Å². The van der Waals surface area contributed by atoms with E-state index < -0.39 is 17.8 Å². The van der Waals surface area contributed by atoms with Crippen LogP contribution in [0.25, 0.3) is 10.1 Å². The van der Waals surface area contributed by atoms with E-state index in [0.29, 0.717) is 5.02 Å². The lowest BCUT2D eigenvalue weighted by molar-refractivity contribution is 0.0598. The molecule has 2 N–H and O–H groups in total. The van der Waals surface area contributed by atoms with Crippen molar-refractivity contribution in [3.63, 3.8) is 0 Å². The standard InChI is InChI=1S/C18H12ClNO5S/c1-25-18(24)9-6-7-10(17(22)23)12(8-9)20-16(21)15-14(19)11-4-2-3-5-13(11)26-15/h2-8H,1H3,(H,20,21)(H,22,23). The van der Waals surface area contributed by atoms with Gasteiger partial charge in [-0.15, -0.1) is 11.3 Å². The molecule has 0 aliphatic rings. The van der Waals surface area contributed by atoms with E-state index >= 15 is 0 Å². The number of thiophene rings is 1. The fourth-order valence-electron chi connectivity index (χ4n) is 2.42. The van der Waals surface area contributed by atoms with Crippen LogP contribution in [0.15, 0.2) is 42.5 Å². The number of methoxy groups -OCH3 is 1. The average Bonchev–Trinajstić information content (AvgIpc) is 2.98. The van der Waals surface area contributed by atoms with Crippen LogP contribution in [0, 0.1) is 0 Å². The molecule has 3 rings (SSSR count).